The summed E-state index contributed by atoms with van der Waals surface area (Å²) in [4.78, 5) is 9.07. The van der Waals surface area contributed by atoms with Crippen molar-refractivity contribution in [1.82, 2.24) is 0 Å². The van der Waals surface area contributed by atoms with E-state index in [1.54, 1.807) is 0 Å². The van der Waals surface area contributed by atoms with E-state index in [0.717, 1.165) is 6.42 Å². The van der Waals surface area contributed by atoms with Gasteiger partial charge in [-0.1, -0.05) is 6.92 Å². The predicted molar refractivity (Wildman–Crippen MR) is 57.9 cm³/mol. The molecule has 2 unspecified atom stereocenters. The molecule has 0 aromatic rings. The van der Waals surface area contributed by atoms with Crippen LogP contribution in [0, 0.1) is 0 Å². The zero-order valence-corrected chi connectivity index (χ0v) is 10.3. The zero-order chi connectivity index (χ0) is 12.4. The van der Waals surface area contributed by atoms with Crippen LogP contribution in [0.2, 0.25) is 0 Å². The normalized spacial score (nSPS) is 17.0. The molecule has 0 saturated heterocycles. The largest absolute Gasteiger partial charge is 0.472 e. The van der Waals surface area contributed by atoms with Crippen LogP contribution in [-0.4, -0.2) is 49.1 Å². The summed E-state index contributed by atoms with van der Waals surface area (Å²) in [6, 6.07) is 0. The fourth-order valence-electron chi connectivity index (χ4n) is 0.797. The summed E-state index contributed by atoms with van der Waals surface area (Å²) < 4.78 is 25.1. The van der Waals surface area contributed by atoms with Crippen LogP contribution in [-0.2, 0) is 18.3 Å². The van der Waals surface area contributed by atoms with Gasteiger partial charge in [0.05, 0.1) is 19.8 Å². The lowest BCUT2D eigenvalue weighted by atomic mass is 10.4. The van der Waals surface area contributed by atoms with E-state index in [4.69, 9.17) is 15.4 Å². The summed E-state index contributed by atoms with van der Waals surface area (Å²) in [6.45, 7) is 2.25. The van der Waals surface area contributed by atoms with Crippen molar-refractivity contribution in [3.63, 3.8) is 0 Å². The summed E-state index contributed by atoms with van der Waals surface area (Å²) in [5.74, 6) is 0. The van der Waals surface area contributed by atoms with E-state index in [0.29, 0.717) is 6.61 Å². The van der Waals surface area contributed by atoms with E-state index in [9.17, 15) is 9.67 Å². The number of aliphatic hydroxyl groups excluding tert-OH is 1. The fourth-order valence-corrected chi connectivity index (χ4v) is 1.57. The highest BCUT2D eigenvalue weighted by Gasteiger charge is 2.22. The molecule has 0 heterocycles. The van der Waals surface area contributed by atoms with E-state index in [2.05, 4.69) is 9.05 Å². The van der Waals surface area contributed by atoms with Crippen LogP contribution < -0.4 is 5.73 Å². The van der Waals surface area contributed by atoms with Crippen molar-refractivity contribution in [2.24, 2.45) is 5.73 Å². The minimum absolute atomic E-state index is 0.0602. The number of ether oxygens (including phenoxy) is 1. The molecule has 0 saturated carbocycles. The number of phosphoric ester groups is 1. The number of rotatable bonds is 10. The maximum Gasteiger partial charge on any atom is 0.472 e. The third-order valence-electron chi connectivity index (χ3n) is 1.46. The molecule has 0 bridgehead atoms. The van der Waals surface area contributed by atoms with Crippen molar-refractivity contribution in [1.29, 1.82) is 0 Å². The van der Waals surface area contributed by atoms with Crippen LogP contribution in [0.1, 0.15) is 13.3 Å². The van der Waals surface area contributed by atoms with Gasteiger partial charge in [0.25, 0.3) is 0 Å². The average molecular weight is 257 g/mol. The Morgan fingerprint density at radius 1 is 1.31 bits per heavy atom. The maximum atomic E-state index is 11.1. The Kier molecular flexibility index (Phi) is 9.06. The quantitative estimate of drug-likeness (QED) is 0.369. The zero-order valence-electron chi connectivity index (χ0n) is 9.37. The molecule has 0 aromatic heterocycles. The standard InChI is InChI=1S/C8H20NO6P/c1-2-4-13-6-8(10)7-15-16(11,12)14-5-3-9/h8,10H,2-7,9H2,1H3,(H,11,12). The average Bonchev–Trinajstić information content (AvgIpc) is 2.24. The number of hydrogen-bond acceptors (Lipinski definition) is 6. The lowest BCUT2D eigenvalue weighted by Gasteiger charge is -2.14. The molecule has 98 valence electrons. The van der Waals surface area contributed by atoms with Crippen molar-refractivity contribution in [3.8, 4) is 0 Å². The first kappa shape index (κ1) is 16.0. The van der Waals surface area contributed by atoms with Crippen LogP contribution in [0.15, 0.2) is 0 Å². The van der Waals surface area contributed by atoms with Crippen molar-refractivity contribution in [2.45, 2.75) is 19.4 Å². The van der Waals surface area contributed by atoms with Gasteiger partial charge >= 0.3 is 7.82 Å². The Bertz CT molecular complexity index is 215. The maximum absolute atomic E-state index is 11.1. The number of aliphatic hydroxyl groups is 1. The van der Waals surface area contributed by atoms with E-state index in [1.165, 1.54) is 0 Å². The van der Waals surface area contributed by atoms with Gasteiger partial charge < -0.3 is 20.5 Å². The lowest BCUT2D eigenvalue weighted by molar-refractivity contribution is 0.00344. The van der Waals surface area contributed by atoms with E-state index in [1.807, 2.05) is 6.92 Å². The molecule has 0 rings (SSSR count). The van der Waals surface area contributed by atoms with Crippen molar-refractivity contribution in [3.05, 3.63) is 0 Å². The monoisotopic (exact) mass is 257 g/mol. The summed E-state index contributed by atoms with van der Waals surface area (Å²) >= 11 is 0. The molecule has 0 aliphatic carbocycles. The molecule has 0 aromatic carbocycles. The van der Waals surface area contributed by atoms with Gasteiger partial charge in [-0.15, -0.1) is 0 Å². The molecular formula is C8H20NO6P. The first-order valence-corrected chi connectivity index (χ1v) is 6.59. The molecule has 0 aliphatic rings. The highest BCUT2D eigenvalue weighted by molar-refractivity contribution is 7.47. The Morgan fingerprint density at radius 2 is 2.00 bits per heavy atom. The van der Waals surface area contributed by atoms with E-state index in [-0.39, 0.29) is 26.4 Å². The van der Waals surface area contributed by atoms with E-state index >= 15 is 0 Å². The topological polar surface area (TPSA) is 111 Å². The number of phosphoric acid groups is 1. The molecule has 4 N–H and O–H groups in total. The first-order valence-electron chi connectivity index (χ1n) is 5.09. The highest BCUT2D eigenvalue weighted by atomic mass is 31.2. The van der Waals surface area contributed by atoms with Gasteiger partial charge in [-0.2, -0.15) is 0 Å². The second kappa shape index (κ2) is 9.07. The van der Waals surface area contributed by atoms with Crippen molar-refractivity contribution >= 4 is 7.82 Å². The molecule has 0 aliphatic heterocycles. The van der Waals surface area contributed by atoms with Gasteiger partial charge in [-0.25, -0.2) is 4.57 Å². The highest BCUT2D eigenvalue weighted by Crippen LogP contribution is 2.42. The van der Waals surface area contributed by atoms with E-state index < -0.39 is 13.9 Å². The summed E-state index contributed by atoms with van der Waals surface area (Å²) in [5.41, 5.74) is 5.09. The Hall–Kier alpha value is -0.0100. The van der Waals surface area contributed by atoms with Crippen LogP contribution in [0.5, 0.6) is 0 Å². The van der Waals surface area contributed by atoms with Crippen molar-refractivity contribution in [2.75, 3.05) is 33.0 Å². The first-order chi connectivity index (χ1) is 7.52. The van der Waals surface area contributed by atoms with Gasteiger partial charge in [-0.3, -0.25) is 9.05 Å². The van der Waals surface area contributed by atoms with Crippen molar-refractivity contribution < 1.29 is 28.3 Å². The second-order valence-corrected chi connectivity index (χ2v) is 4.57. The third kappa shape index (κ3) is 9.23. The molecule has 8 heteroatoms. The minimum atomic E-state index is -4.10. The van der Waals surface area contributed by atoms with Gasteiger partial charge in [0, 0.05) is 13.2 Å². The fraction of sp³-hybridized carbons (Fsp3) is 1.00. The Balaban J connectivity index is 3.64. The molecule has 16 heavy (non-hydrogen) atoms. The van der Waals surface area contributed by atoms with Gasteiger partial charge in [-0.05, 0) is 6.42 Å². The molecule has 2 atom stereocenters. The Labute approximate surface area is 95.1 Å². The number of hydrogen-bond donors (Lipinski definition) is 3. The van der Waals surface area contributed by atoms with Gasteiger partial charge in [0.2, 0.25) is 0 Å². The molecule has 0 amide bonds. The van der Waals surface area contributed by atoms with Gasteiger partial charge in [0.1, 0.15) is 6.10 Å². The smallest absolute Gasteiger partial charge is 0.388 e. The van der Waals surface area contributed by atoms with Crippen LogP contribution in [0.4, 0.5) is 0 Å². The molecular weight excluding hydrogens is 237 g/mol. The van der Waals surface area contributed by atoms with Gasteiger partial charge in [0.15, 0.2) is 0 Å². The second-order valence-electron chi connectivity index (χ2n) is 3.11. The SMILES string of the molecule is CCCOCC(O)COP(=O)(O)OCCN. The minimum Gasteiger partial charge on any atom is -0.388 e. The van der Waals surface area contributed by atoms with Crippen LogP contribution in [0.25, 0.3) is 0 Å². The molecule has 0 radical (unpaired) electrons. The predicted octanol–water partition coefficient (Wildman–Crippen LogP) is -0.134. The summed E-state index contributed by atoms with van der Waals surface area (Å²) in [6.07, 6.45) is -0.111. The lowest BCUT2D eigenvalue weighted by Crippen LogP contribution is -2.21. The van der Waals surface area contributed by atoms with Crippen LogP contribution in [0.3, 0.4) is 0 Å². The molecule has 0 fully saturated rings. The van der Waals surface area contributed by atoms with Crippen LogP contribution >= 0.6 is 7.82 Å². The summed E-state index contributed by atoms with van der Waals surface area (Å²) in [5, 5.41) is 9.30. The molecule has 7 nitrogen and oxygen atoms in total. The third-order valence-corrected chi connectivity index (χ3v) is 2.45. The Morgan fingerprint density at radius 3 is 2.56 bits per heavy atom. The number of nitrogens with two attached hydrogens (primary N) is 1. The molecule has 0 spiro atoms. The summed E-state index contributed by atoms with van der Waals surface area (Å²) in [7, 11) is -4.10.